The van der Waals surface area contributed by atoms with Crippen molar-refractivity contribution in [1.29, 1.82) is 0 Å². The summed E-state index contributed by atoms with van der Waals surface area (Å²) in [5, 5.41) is 2.01. The Morgan fingerprint density at radius 3 is 2.85 bits per heavy atom. The number of hydrogen-bond donors (Lipinski definition) is 1. The van der Waals surface area contributed by atoms with Crippen LogP contribution in [0.4, 0.5) is 4.39 Å². The smallest absolute Gasteiger partial charge is 0.264 e. The van der Waals surface area contributed by atoms with E-state index in [9.17, 15) is 18.8 Å². The van der Waals surface area contributed by atoms with Gasteiger partial charge in [0, 0.05) is 6.42 Å². The lowest BCUT2D eigenvalue weighted by Crippen LogP contribution is -2.44. The lowest BCUT2D eigenvalue weighted by atomic mass is 10.1. The second kappa shape index (κ2) is 4.52. The molecule has 1 aliphatic rings. The SMILES string of the molecule is O=C1CCC(n2cnc3cccc(F)c3c2=O)C(=O)N1. The van der Waals surface area contributed by atoms with E-state index in [1.54, 1.807) is 0 Å². The monoisotopic (exact) mass is 275 g/mol. The Balaban J connectivity index is 2.16. The number of benzene rings is 1. The van der Waals surface area contributed by atoms with E-state index in [1.165, 1.54) is 24.5 Å². The predicted octanol–water partition coefficient (Wildman–Crippen LogP) is 0.513. The molecule has 1 atom stereocenters. The topological polar surface area (TPSA) is 81.1 Å². The number of aromatic nitrogens is 2. The largest absolute Gasteiger partial charge is 0.295 e. The molecule has 1 saturated heterocycles. The highest BCUT2D eigenvalue weighted by Crippen LogP contribution is 2.18. The van der Waals surface area contributed by atoms with Gasteiger partial charge < -0.3 is 0 Å². The maximum Gasteiger partial charge on any atom is 0.264 e. The molecule has 2 aromatic rings. The second-order valence-electron chi connectivity index (χ2n) is 4.56. The van der Waals surface area contributed by atoms with Crippen LogP contribution in [0.1, 0.15) is 18.9 Å². The van der Waals surface area contributed by atoms with Gasteiger partial charge in [0.25, 0.3) is 5.56 Å². The molecule has 6 nitrogen and oxygen atoms in total. The van der Waals surface area contributed by atoms with Crippen molar-refractivity contribution in [2.24, 2.45) is 0 Å². The van der Waals surface area contributed by atoms with Crippen LogP contribution in [-0.4, -0.2) is 21.4 Å². The van der Waals surface area contributed by atoms with Crippen molar-refractivity contribution in [3.8, 4) is 0 Å². The Hall–Kier alpha value is -2.57. The van der Waals surface area contributed by atoms with Crippen LogP contribution in [0.5, 0.6) is 0 Å². The third-order valence-electron chi connectivity index (χ3n) is 3.31. The van der Waals surface area contributed by atoms with Crippen molar-refractivity contribution < 1.29 is 14.0 Å². The van der Waals surface area contributed by atoms with Crippen LogP contribution in [0, 0.1) is 5.82 Å². The zero-order valence-corrected chi connectivity index (χ0v) is 10.3. The molecule has 0 radical (unpaired) electrons. The standard InChI is InChI=1S/C13H10FN3O3/c14-7-2-1-3-8-11(7)13(20)17(6-15-8)9-4-5-10(18)16-12(9)19/h1-3,6,9H,4-5H2,(H,16,18,19). The number of halogens is 1. The Morgan fingerprint density at radius 2 is 2.10 bits per heavy atom. The van der Waals surface area contributed by atoms with Gasteiger partial charge in [0.2, 0.25) is 11.8 Å². The van der Waals surface area contributed by atoms with Crippen LogP contribution in [0.25, 0.3) is 10.9 Å². The molecule has 20 heavy (non-hydrogen) atoms. The van der Waals surface area contributed by atoms with Gasteiger partial charge in [-0.05, 0) is 18.6 Å². The van der Waals surface area contributed by atoms with E-state index in [2.05, 4.69) is 10.3 Å². The van der Waals surface area contributed by atoms with E-state index < -0.39 is 23.3 Å². The Morgan fingerprint density at radius 1 is 1.30 bits per heavy atom. The highest BCUT2D eigenvalue weighted by Gasteiger charge is 2.29. The van der Waals surface area contributed by atoms with Crippen molar-refractivity contribution in [2.75, 3.05) is 0 Å². The highest BCUT2D eigenvalue weighted by atomic mass is 19.1. The molecule has 1 aliphatic heterocycles. The van der Waals surface area contributed by atoms with Crippen molar-refractivity contribution in [3.05, 3.63) is 40.7 Å². The van der Waals surface area contributed by atoms with Crippen LogP contribution >= 0.6 is 0 Å². The summed E-state index contributed by atoms with van der Waals surface area (Å²) < 4.78 is 14.8. The Bertz CT molecular complexity index is 784. The zero-order chi connectivity index (χ0) is 14.3. The molecule has 1 unspecified atom stereocenters. The van der Waals surface area contributed by atoms with Crippen LogP contribution in [0.15, 0.2) is 29.3 Å². The van der Waals surface area contributed by atoms with Gasteiger partial charge in [0.05, 0.1) is 11.8 Å². The summed E-state index contributed by atoms with van der Waals surface area (Å²) in [6, 6.07) is 3.31. The molecule has 0 saturated carbocycles. The lowest BCUT2D eigenvalue weighted by molar-refractivity contribution is -0.135. The van der Waals surface area contributed by atoms with Crippen LogP contribution < -0.4 is 10.9 Å². The van der Waals surface area contributed by atoms with E-state index in [-0.39, 0.29) is 29.7 Å². The molecular weight excluding hydrogens is 265 g/mol. The normalized spacial score (nSPS) is 19.1. The molecule has 1 aromatic carbocycles. The number of amides is 2. The summed E-state index contributed by atoms with van der Waals surface area (Å²) >= 11 is 0. The van der Waals surface area contributed by atoms with E-state index in [0.29, 0.717) is 0 Å². The van der Waals surface area contributed by atoms with E-state index in [1.807, 2.05) is 0 Å². The molecule has 0 aliphatic carbocycles. The molecule has 1 aromatic heterocycles. The number of imide groups is 1. The number of piperidine rings is 1. The van der Waals surface area contributed by atoms with Crippen LogP contribution in [-0.2, 0) is 9.59 Å². The minimum absolute atomic E-state index is 0.137. The van der Waals surface area contributed by atoms with Crippen molar-refractivity contribution >= 4 is 22.7 Å². The molecule has 0 bridgehead atoms. The molecule has 3 rings (SSSR count). The summed E-state index contributed by atoms with van der Waals surface area (Å²) in [6.07, 6.45) is 1.55. The molecule has 1 N–H and O–H groups in total. The maximum atomic E-state index is 13.7. The van der Waals surface area contributed by atoms with Gasteiger partial charge in [0.15, 0.2) is 0 Å². The quantitative estimate of drug-likeness (QED) is 0.769. The second-order valence-corrected chi connectivity index (χ2v) is 4.56. The average Bonchev–Trinajstić information content (AvgIpc) is 2.40. The number of hydrogen-bond acceptors (Lipinski definition) is 4. The summed E-state index contributed by atoms with van der Waals surface area (Å²) in [4.78, 5) is 39.2. The number of fused-ring (bicyclic) bond motifs is 1. The zero-order valence-electron chi connectivity index (χ0n) is 10.3. The number of rotatable bonds is 1. The first-order valence-corrected chi connectivity index (χ1v) is 6.07. The van der Waals surface area contributed by atoms with Crippen LogP contribution in [0.2, 0.25) is 0 Å². The fraction of sp³-hybridized carbons (Fsp3) is 0.231. The molecule has 1 fully saturated rings. The average molecular weight is 275 g/mol. The van der Waals surface area contributed by atoms with Gasteiger partial charge in [0.1, 0.15) is 17.2 Å². The third-order valence-corrected chi connectivity index (χ3v) is 3.31. The summed E-state index contributed by atoms with van der Waals surface area (Å²) in [5.41, 5.74) is -0.388. The molecular formula is C13H10FN3O3. The van der Waals surface area contributed by atoms with Crippen molar-refractivity contribution in [2.45, 2.75) is 18.9 Å². The van der Waals surface area contributed by atoms with Crippen molar-refractivity contribution in [3.63, 3.8) is 0 Å². The number of carbonyl (C=O) groups is 2. The van der Waals surface area contributed by atoms with Gasteiger partial charge >= 0.3 is 0 Å². The van der Waals surface area contributed by atoms with E-state index >= 15 is 0 Å². The number of nitrogens with one attached hydrogen (secondary N) is 1. The van der Waals surface area contributed by atoms with Crippen molar-refractivity contribution in [1.82, 2.24) is 14.9 Å². The molecule has 2 amide bonds. The Kier molecular flexibility index (Phi) is 2.81. The van der Waals surface area contributed by atoms with Gasteiger partial charge in [-0.1, -0.05) is 6.07 Å². The van der Waals surface area contributed by atoms with Gasteiger partial charge in [-0.15, -0.1) is 0 Å². The summed E-state index contributed by atoms with van der Waals surface area (Å²) in [5.74, 6) is -1.62. The minimum atomic E-state index is -0.836. The van der Waals surface area contributed by atoms with Gasteiger partial charge in [-0.25, -0.2) is 9.37 Å². The predicted molar refractivity (Wildman–Crippen MR) is 67.4 cm³/mol. The fourth-order valence-electron chi connectivity index (χ4n) is 2.31. The molecule has 7 heteroatoms. The van der Waals surface area contributed by atoms with E-state index in [0.717, 1.165) is 4.57 Å². The van der Waals surface area contributed by atoms with Gasteiger partial charge in [-0.2, -0.15) is 0 Å². The summed E-state index contributed by atoms with van der Waals surface area (Å²) in [7, 11) is 0. The Labute approximate surface area is 112 Å². The number of nitrogens with zero attached hydrogens (tertiary/aromatic N) is 2. The molecule has 2 heterocycles. The maximum absolute atomic E-state index is 13.7. The fourth-order valence-corrected chi connectivity index (χ4v) is 2.31. The van der Waals surface area contributed by atoms with E-state index in [4.69, 9.17) is 0 Å². The first-order chi connectivity index (χ1) is 9.58. The van der Waals surface area contributed by atoms with Gasteiger partial charge in [-0.3, -0.25) is 24.3 Å². The summed E-state index contributed by atoms with van der Waals surface area (Å²) in [6.45, 7) is 0. The first-order valence-electron chi connectivity index (χ1n) is 6.07. The van der Waals surface area contributed by atoms with Crippen LogP contribution in [0.3, 0.4) is 0 Å². The minimum Gasteiger partial charge on any atom is -0.295 e. The number of carbonyl (C=O) groups excluding carboxylic acids is 2. The molecule has 102 valence electrons. The third kappa shape index (κ3) is 1.87. The highest BCUT2D eigenvalue weighted by molar-refractivity contribution is 5.99. The first kappa shape index (κ1) is 12.5. The lowest BCUT2D eigenvalue weighted by Gasteiger charge is -2.22. The molecule has 0 spiro atoms.